The molecule has 0 saturated heterocycles. The van der Waals surface area contributed by atoms with Gasteiger partial charge in [-0.3, -0.25) is 19.2 Å². The van der Waals surface area contributed by atoms with Gasteiger partial charge >= 0.3 is 11.9 Å². The molecule has 0 aromatic heterocycles. The van der Waals surface area contributed by atoms with Gasteiger partial charge < -0.3 is 19.7 Å². The second kappa shape index (κ2) is 7.87. The minimum atomic E-state index is -2.13. The summed E-state index contributed by atoms with van der Waals surface area (Å²) in [4.78, 5) is 48.5. The molecule has 0 aromatic carbocycles. The van der Waals surface area contributed by atoms with Gasteiger partial charge in [-0.15, -0.1) is 0 Å². The van der Waals surface area contributed by atoms with Gasteiger partial charge in [0.15, 0.2) is 18.0 Å². The third-order valence-electron chi connectivity index (χ3n) is 8.84. The molecule has 0 amide bonds. The summed E-state index contributed by atoms with van der Waals surface area (Å²) >= 11 is 0. The number of aliphatic hydroxyl groups excluding tert-OH is 1. The molecule has 0 spiro atoms. The Labute approximate surface area is 193 Å². The molecular formula is C25H32O8. The van der Waals surface area contributed by atoms with Crippen molar-refractivity contribution in [2.45, 2.75) is 71.2 Å². The van der Waals surface area contributed by atoms with E-state index in [4.69, 9.17) is 9.47 Å². The van der Waals surface area contributed by atoms with Gasteiger partial charge in [-0.1, -0.05) is 25.5 Å². The number of allylic oxidation sites excluding steroid dienone is 4. The van der Waals surface area contributed by atoms with Crippen molar-refractivity contribution in [1.82, 2.24) is 0 Å². The average Bonchev–Trinajstić information content (AvgIpc) is 2.93. The number of aliphatic hydroxyl groups is 2. The quantitative estimate of drug-likeness (QED) is 0.607. The van der Waals surface area contributed by atoms with Crippen molar-refractivity contribution in [3.05, 3.63) is 23.8 Å². The fourth-order valence-electron chi connectivity index (χ4n) is 7.41. The van der Waals surface area contributed by atoms with Crippen molar-refractivity contribution in [2.24, 2.45) is 28.6 Å². The predicted octanol–water partition coefficient (Wildman–Crippen LogP) is 1.67. The molecule has 3 saturated carbocycles. The summed E-state index contributed by atoms with van der Waals surface area (Å²) in [5.74, 6) is -2.38. The maximum atomic E-state index is 13.1. The Kier molecular flexibility index (Phi) is 5.69. The first-order valence-electron chi connectivity index (χ1n) is 11.5. The highest BCUT2D eigenvalue weighted by Crippen LogP contribution is 2.67. The number of fused-ring (bicyclic) bond motifs is 5. The van der Waals surface area contributed by atoms with Crippen LogP contribution in [0.25, 0.3) is 0 Å². The molecule has 0 heterocycles. The molecule has 0 radical (unpaired) electrons. The molecule has 180 valence electrons. The number of Topliss-reactive ketones (excluding diaryl/α,β-unsaturated/α-hetero) is 1. The van der Waals surface area contributed by atoms with Crippen molar-refractivity contribution in [1.29, 1.82) is 0 Å². The van der Waals surface area contributed by atoms with E-state index >= 15 is 0 Å². The molecule has 8 heteroatoms. The first-order chi connectivity index (χ1) is 15.3. The molecule has 4 aliphatic carbocycles. The van der Waals surface area contributed by atoms with E-state index in [-0.39, 0.29) is 36.4 Å². The lowest BCUT2D eigenvalue weighted by molar-refractivity contribution is -0.200. The monoisotopic (exact) mass is 460 g/mol. The molecule has 2 N–H and O–H groups in total. The van der Waals surface area contributed by atoms with Gasteiger partial charge in [0, 0.05) is 30.6 Å². The van der Waals surface area contributed by atoms with Gasteiger partial charge in [0.25, 0.3) is 0 Å². The summed E-state index contributed by atoms with van der Waals surface area (Å²) in [7, 11) is 0. The van der Waals surface area contributed by atoms with Crippen LogP contribution in [-0.4, -0.2) is 58.1 Å². The summed E-state index contributed by atoms with van der Waals surface area (Å²) in [6.45, 7) is 5.67. The van der Waals surface area contributed by atoms with E-state index in [0.29, 0.717) is 12.8 Å². The molecular weight excluding hydrogens is 428 g/mol. The number of carbonyl (C=O) groups excluding carboxylic acids is 4. The van der Waals surface area contributed by atoms with Crippen LogP contribution in [0.4, 0.5) is 0 Å². The van der Waals surface area contributed by atoms with Gasteiger partial charge in [0.2, 0.25) is 5.78 Å². The SMILES string of the molecule is CC(=O)OCC(=O)[C@@]1(O)[C@H](O)C[C@H]2[C@@H]3CCC4=CC(=O)C=C[C@]4(C)[C@H]3[C@H](OC(C)=O)C[C@@]21C. The average molecular weight is 461 g/mol. The van der Waals surface area contributed by atoms with Crippen LogP contribution in [0.2, 0.25) is 0 Å². The molecule has 4 rings (SSSR count). The summed E-state index contributed by atoms with van der Waals surface area (Å²) < 4.78 is 10.7. The highest BCUT2D eigenvalue weighted by Gasteiger charge is 2.72. The van der Waals surface area contributed by atoms with E-state index in [1.165, 1.54) is 13.8 Å². The van der Waals surface area contributed by atoms with E-state index in [1.54, 1.807) is 19.1 Å². The molecule has 33 heavy (non-hydrogen) atoms. The van der Waals surface area contributed by atoms with Crippen molar-refractivity contribution in [2.75, 3.05) is 6.61 Å². The molecule has 0 unspecified atom stereocenters. The Morgan fingerprint density at radius 1 is 1.18 bits per heavy atom. The Bertz CT molecular complexity index is 965. The molecule has 3 fully saturated rings. The zero-order chi connectivity index (χ0) is 24.3. The lowest BCUT2D eigenvalue weighted by Gasteiger charge is -2.59. The third kappa shape index (κ3) is 3.41. The first-order valence-corrected chi connectivity index (χ1v) is 11.5. The number of ketones is 2. The Hall–Kier alpha value is -2.32. The zero-order valence-corrected chi connectivity index (χ0v) is 19.5. The van der Waals surface area contributed by atoms with Crippen molar-refractivity contribution >= 4 is 23.5 Å². The minimum absolute atomic E-state index is 0.0571. The topological polar surface area (TPSA) is 127 Å². The Morgan fingerprint density at radius 2 is 1.88 bits per heavy atom. The van der Waals surface area contributed by atoms with Crippen LogP contribution >= 0.6 is 0 Å². The van der Waals surface area contributed by atoms with Crippen LogP contribution in [0.3, 0.4) is 0 Å². The smallest absolute Gasteiger partial charge is 0.303 e. The molecule has 0 bridgehead atoms. The number of ether oxygens (including phenoxy) is 2. The van der Waals surface area contributed by atoms with E-state index in [1.807, 2.05) is 13.0 Å². The normalized spacial score (nSPS) is 43.6. The van der Waals surface area contributed by atoms with Crippen LogP contribution in [0.15, 0.2) is 23.8 Å². The Balaban J connectivity index is 1.77. The number of hydrogen-bond acceptors (Lipinski definition) is 8. The maximum Gasteiger partial charge on any atom is 0.303 e. The second-order valence-electron chi connectivity index (χ2n) is 10.5. The predicted molar refractivity (Wildman–Crippen MR) is 116 cm³/mol. The molecule has 0 aromatic rings. The lowest BCUT2D eigenvalue weighted by Crippen LogP contribution is -2.64. The number of carbonyl (C=O) groups is 4. The largest absolute Gasteiger partial charge is 0.462 e. The van der Waals surface area contributed by atoms with Crippen molar-refractivity contribution in [3.63, 3.8) is 0 Å². The van der Waals surface area contributed by atoms with E-state index in [0.717, 1.165) is 5.57 Å². The highest BCUT2D eigenvalue weighted by atomic mass is 16.5. The highest BCUT2D eigenvalue weighted by molar-refractivity contribution is 6.01. The molecule has 8 atom stereocenters. The van der Waals surface area contributed by atoms with Gasteiger partial charge in [-0.2, -0.15) is 0 Å². The molecule has 8 nitrogen and oxygen atoms in total. The van der Waals surface area contributed by atoms with Gasteiger partial charge in [0.1, 0.15) is 6.10 Å². The fourth-order valence-corrected chi connectivity index (χ4v) is 7.41. The molecule has 4 aliphatic rings. The van der Waals surface area contributed by atoms with Crippen molar-refractivity contribution in [3.8, 4) is 0 Å². The van der Waals surface area contributed by atoms with E-state index in [9.17, 15) is 29.4 Å². The van der Waals surface area contributed by atoms with Crippen LogP contribution in [-0.2, 0) is 28.7 Å². The van der Waals surface area contributed by atoms with Gasteiger partial charge in [-0.25, -0.2) is 0 Å². The summed E-state index contributed by atoms with van der Waals surface area (Å²) in [5, 5.41) is 22.6. The lowest BCUT2D eigenvalue weighted by atomic mass is 9.46. The van der Waals surface area contributed by atoms with E-state index < -0.39 is 53.0 Å². The third-order valence-corrected chi connectivity index (χ3v) is 8.84. The number of hydrogen-bond donors (Lipinski definition) is 2. The molecule has 0 aliphatic heterocycles. The van der Waals surface area contributed by atoms with Crippen LogP contribution < -0.4 is 0 Å². The number of esters is 2. The summed E-state index contributed by atoms with van der Waals surface area (Å²) in [5.41, 5.74) is -2.73. The van der Waals surface area contributed by atoms with Crippen molar-refractivity contribution < 1.29 is 38.9 Å². The van der Waals surface area contributed by atoms with E-state index in [2.05, 4.69) is 0 Å². The van der Waals surface area contributed by atoms with Crippen LogP contribution in [0, 0.1) is 28.6 Å². The first kappa shape index (κ1) is 23.8. The Morgan fingerprint density at radius 3 is 2.52 bits per heavy atom. The minimum Gasteiger partial charge on any atom is -0.462 e. The summed E-state index contributed by atoms with van der Waals surface area (Å²) in [6.07, 6.45) is 4.88. The summed E-state index contributed by atoms with van der Waals surface area (Å²) in [6, 6.07) is 0. The second-order valence-corrected chi connectivity index (χ2v) is 10.5. The van der Waals surface area contributed by atoms with Crippen LogP contribution in [0.5, 0.6) is 0 Å². The fraction of sp³-hybridized carbons (Fsp3) is 0.680. The van der Waals surface area contributed by atoms with Crippen LogP contribution in [0.1, 0.15) is 53.4 Å². The maximum absolute atomic E-state index is 13.1. The van der Waals surface area contributed by atoms with Gasteiger partial charge in [-0.05, 0) is 49.7 Å². The standard InChI is InChI=1S/C25H32O8/c1-13(26)32-12-21(30)25(31)20(29)10-18-17-6-5-15-9-16(28)7-8-23(15,3)22(17)19(33-14(2)27)11-24(18,25)4/h7-9,17-20,22,29,31H,5-6,10-12H2,1-4H3/t17-,18-,19+,20+,22+,23-,24-,25-/m0/s1. The zero-order valence-electron chi connectivity index (χ0n) is 19.5. The van der Waals surface area contributed by atoms with Gasteiger partial charge in [0.05, 0.1) is 6.10 Å². The number of rotatable bonds is 4.